The lowest BCUT2D eigenvalue weighted by atomic mass is 10.2. The first-order chi connectivity index (χ1) is 10.3. The van der Waals surface area contributed by atoms with Crippen LogP contribution in [0.1, 0.15) is 5.69 Å². The number of H-pyrrole nitrogens is 1. The number of non-ortho nitro benzene ring substituents is 1. The summed E-state index contributed by atoms with van der Waals surface area (Å²) < 4.78 is 0. The topological polar surface area (TPSA) is 170 Å². The molecular formula is C10H8N6O6. The zero-order chi connectivity index (χ0) is 16.4. The summed E-state index contributed by atoms with van der Waals surface area (Å²) in [6.45, 7) is 1.42. The lowest BCUT2D eigenvalue weighted by molar-refractivity contribution is -0.393. The van der Waals surface area contributed by atoms with Crippen molar-refractivity contribution in [3.63, 3.8) is 0 Å². The second-order valence-corrected chi connectivity index (χ2v) is 4.14. The Morgan fingerprint density at radius 2 is 1.77 bits per heavy atom. The van der Waals surface area contributed by atoms with Gasteiger partial charge in [-0.05, 0) is 13.0 Å². The molecule has 0 radical (unpaired) electrons. The lowest BCUT2D eigenvalue weighted by Crippen LogP contribution is -2.01. The molecule has 114 valence electrons. The maximum absolute atomic E-state index is 11.0. The van der Waals surface area contributed by atoms with Crippen molar-refractivity contribution < 1.29 is 14.8 Å². The third-order valence-corrected chi connectivity index (χ3v) is 2.74. The van der Waals surface area contributed by atoms with Crippen LogP contribution in [0.3, 0.4) is 0 Å². The Morgan fingerprint density at radius 1 is 1.09 bits per heavy atom. The van der Waals surface area contributed by atoms with Crippen molar-refractivity contribution in [2.75, 3.05) is 5.32 Å². The Balaban J connectivity index is 2.48. The van der Waals surface area contributed by atoms with Crippen LogP contribution in [-0.2, 0) is 0 Å². The number of nitro benzene ring substituents is 2. The molecule has 0 aliphatic carbocycles. The first kappa shape index (κ1) is 14.8. The Morgan fingerprint density at radius 3 is 2.32 bits per heavy atom. The molecule has 12 nitrogen and oxygen atoms in total. The lowest BCUT2D eigenvalue weighted by Gasteiger charge is -2.04. The fourth-order valence-electron chi connectivity index (χ4n) is 1.75. The fourth-order valence-corrected chi connectivity index (χ4v) is 1.75. The molecule has 22 heavy (non-hydrogen) atoms. The molecule has 0 amide bonds. The van der Waals surface area contributed by atoms with Gasteiger partial charge >= 0.3 is 5.69 Å². The molecule has 0 aliphatic heterocycles. The van der Waals surface area contributed by atoms with Gasteiger partial charge in [-0.3, -0.25) is 35.4 Å². The van der Waals surface area contributed by atoms with E-state index in [0.717, 1.165) is 18.2 Å². The van der Waals surface area contributed by atoms with E-state index in [1.807, 2.05) is 0 Å². The van der Waals surface area contributed by atoms with Crippen LogP contribution in [0.5, 0.6) is 0 Å². The van der Waals surface area contributed by atoms with E-state index in [0.29, 0.717) is 0 Å². The summed E-state index contributed by atoms with van der Waals surface area (Å²) in [5.41, 5.74) is -1.41. The second-order valence-electron chi connectivity index (χ2n) is 4.14. The molecular weight excluding hydrogens is 300 g/mol. The molecule has 0 atom stereocenters. The SMILES string of the molecule is Cc1[nH]nc(Nc2ccc([N+](=O)[O-])cc2[N+](=O)[O-])c1[N+](=O)[O-]. The molecule has 0 bridgehead atoms. The predicted octanol–water partition coefficient (Wildman–Crippen LogP) is 2.19. The number of anilines is 2. The van der Waals surface area contributed by atoms with Crippen molar-refractivity contribution >= 4 is 28.6 Å². The van der Waals surface area contributed by atoms with Crippen LogP contribution in [0.15, 0.2) is 18.2 Å². The molecule has 1 heterocycles. The molecule has 0 fully saturated rings. The first-order valence-corrected chi connectivity index (χ1v) is 5.70. The van der Waals surface area contributed by atoms with Crippen LogP contribution in [0.4, 0.5) is 28.6 Å². The van der Waals surface area contributed by atoms with Gasteiger partial charge in [0.15, 0.2) is 0 Å². The third kappa shape index (κ3) is 2.65. The number of aromatic amines is 1. The second kappa shape index (κ2) is 5.43. The number of nitrogens with zero attached hydrogens (tertiary/aromatic N) is 4. The third-order valence-electron chi connectivity index (χ3n) is 2.74. The Hall–Kier alpha value is -3.57. The minimum atomic E-state index is -0.833. The Kier molecular flexibility index (Phi) is 3.66. The number of aryl methyl sites for hydroxylation is 1. The van der Waals surface area contributed by atoms with Crippen LogP contribution in [0.25, 0.3) is 0 Å². The highest BCUT2D eigenvalue weighted by molar-refractivity contribution is 5.74. The van der Waals surface area contributed by atoms with E-state index < -0.39 is 26.1 Å². The van der Waals surface area contributed by atoms with Crippen LogP contribution >= 0.6 is 0 Å². The van der Waals surface area contributed by atoms with Crippen molar-refractivity contribution in [2.24, 2.45) is 0 Å². The van der Waals surface area contributed by atoms with Crippen LogP contribution < -0.4 is 5.32 Å². The number of benzene rings is 1. The Bertz CT molecular complexity index is 784. The van der Waals surface area contributed by atoms with E-state index in [9.17, 15) is 30.3 Å². The molecule has 1 aromatic carbocycles. The van der Waals surface area contributed by atoms with Crippen molar-refractivity contribution in [1.82, 2.24) is 10.2 Å². The molecule has 0 unspecified atom stereocenters. The summed E-state index contributed by atoms with van der Waals surface area (Å²) in [5, 5.41) is 41.1. The van der Waals surface area contributed by atoms with Gasteiger partial charge in [-0.15, -0.1) is 5.10 Å². The Labute approximate surface area is 121 Å². The molecule has 2 N–H and O–H groups in total. The van der Waals surface area contributed by atoms with Crippen molar-refractivity contribution in [3.05, 3.63) is 54.2 Å². The number of nitro groups is 3. The monoisotopic (exact) mass is 308 g/mol. The summed E-state index contributed by atoms with van der Waals surface area (Å²) in [7, 11) is 0. The molecule has 0 saturated carbocycles. The smallest absolute Gasteiger partial charge is 0.327 e. The van der Waals surface area contributed by atoms with Crippen LogP contribution in [-0.4, -0.2) is 25.0 Å². The van der Waals surface area contributed by atoms with Gasteiger partial charge in [0, 0.05) is 6.07 Å². The van der Waals surface area contributed by atoms with E-state index in [1.165, 1.54) is 6.92 Å². The molecule has 0 spiro atoms. The number of hydrogen-bond acceptors (Lipinski definition) is 8. The molecule has 0 saturated heterocycles. The fraction of sp³-hybridized carbons (Fsp3) is 0.100. The number of rotatable bonds is 5. The normalized spacial score (nSPS) is 10.2. The van der Waals surface area contributed by atoms with Gasteiger partial charge in [-0.25, -0.2) is 0 Å². The van der Waals surface area contributed by atoms with Gasteiger partial charge in [-0.1, -0.05) is 0 Å². The quantitative estimate of drug-likeness (QED) is 0.624. The van der Waals surface area contributed by atoms with Gasteiger partial charge in [-0.2, -0.15) is 0 Å². The standard InChI is InChI=1S/C10H8N6O6/c1-5-9(16(21)22)10(13-12-5)11-7-3-2-6(14(17)18)4-8(7)15(19)20/h2-4H,1H3,(H2,11,12,13). The van der Waals surface area contributed by atoms with Crippen LogP contribution in [0, 0.1) is 37.3 Å². The van der Waals surface area contributed by atoms with Crippen molar-refractivity contribution in [2.45, 2.75) is 6.92 Å². The minimum absolute atomic E-state index is 0.148. The van der Waals surface area contributed by atoms with Crippen molar-refractivity contribution in [3.8, 4) is 0 Å². The van der Waals surface area contributed by atoms with Crippen LogP contribution in [0.2, 0.25) is 0 Å². The van der Waals surface area contributed by atoms with Gasteiger partial charge < -0.3 is 5.32 Å². The zero-order valence-corrected chi connectivity index (χ0v) is 11.0. The van der Waals surface area contributed by atoms with E-state index in [4.69, 9.17) is 0 Å². The molecule has 12 heteroatoms. The summed E-state index contributed by atoms with van der Waals surface area (Å²) in [5.74, 6) is -0.223. The number of hydrogen-bond donors (Lipinski definition) is 2. The highest BCUT2D eigenvalue weighted by Gasteiger charge is 2.25. The highest BCUT2D eigenvalue weighted by Crippen LogP contribution is 2.34. The van der Waals surface area contributed by atoms with Gasteiger partial charge in [0.2, 0.25) is 5.82 Å². The van der Waals surface area contributed by atoms with E-state index in [1.54, 1.807) is 0 Å². The number of aromatic nitrogens is 2. The van der Waals surface area contributed by atoms with E-state index in [-0.39, 0.29) is 22.9 Å². The average molecular weight is 308 g/mol. The summed E-state index contributed by atoms with van der Waals surface area (Å²) >= 11 is 0. The number of nitrogens with one attached hydrogen (secondary N) is 2. The van der Waals surface area contributed by atoms with Gasteiger partial charge in [0.05, 0.1) is 20.8 Å². The average Bonchev–Trinajstić information content (AvgIpc) is 2.79. The minimum Gasteiger partial charge on any atom is -0.327 e. The molecule has 0 aliphatic rings. The maximum atomic E-state index is 11.0. The summed E-state index contributed by atoms with van der Waals surface area (Å²) in [6, 6.07) is 2.89. The van der Waals surface area contributed by atoms with Gasteiger partial charge in [0.1, 0.15) is 11.4 Å². The summed E-state index contributed by atoms with van der Waals surface area (Å²) in [4.78, 5) is 30.3. The first-order valence-electron chi connectivity index (χ1n) is 5.70. The zero-order valence-electron chi connectivity index (χ0n) is 11.0. The largest absolute Gasteiger partial charge is 0.333 e. The van der Waals surface area contributed by atoms with Crippen molar-refractivity contribution in [1.29, 1.82) is 0 Å². The maximum Gasteiger partial charge on any atom is 0.333 e. The van der Waals surface area contributed by atoms with Gasteiger partial charge in [0.25, 0.3) is 11.4 Å². The van der Waals surface area contributed by atoms with E-state index in [2.05, 4.69) is 15.5 Å². The highest BCUT2D eigenvalue weighted by atomic mass is 16.6. The summed E-state index contributed by atoms with van der Waals surface area (Å²) in [6.07, 6.45) is 0. The van der Waals surface area contributed by atoms with E-state index >= 15 is 0 Å². The molecule has 2 aromatic rings. The molecule has 1 aromatic heterocycles. The predicted molar refractivity (Wildman–Crippen MR) is 73.0 cm³/mol. The molecule has 2 rings (SSSR count).